The zero-order valence-corrected chi connectivity index (χ0v) is 19.8. The van der Waals surface area contributed by atoms with Crippen molar-refractivity contribution in [2.45, 2.75) is 26.3 Å². The smallest absolute Gasteiger partial charge is 0.293 e. The summed E-state index contributed by atoms with van der Waals surface area (Å²) >= 11 is 0.988. The molecular weight excluding hydrogens is 442 g/mol. The maximum absolute atomic E-state index is 13.3. The second-order valence-electron chi connectivity index (χ2n) is 8.35. The van der Waals surface area contributed by atoms with Gasteiger partial charge in [0.15, 0.2) is 0 Å². The van der Waals surface area contributed by atoms with Crippen molar-refractivity contribution in [1.29, 1.82) is 0 Å². The fraction of sp³-hybridized carbons (Fsp3) is 0.172. The van der Waals surface area contributed by atoms with E-state index in [-0.39, 0.29) is 17.7 Å². The van der Waals surface area contributed by atoms with Crippen LogP contribution in [-0.2, 0) is 11.3 Å². The largest absolute Gasteiger partial charge is 0.493 e. The van der Waals surface area contributed by atoms with Crippen LogP contribution in [0.1, 0.15) is 30.9 Å². The lowest BCUT2D eigenvalue weighted by Gasteiger charge is -2.14. The molecule has 1 saturated heterocycles. The molecule has 4 aromatic carbocycles. The van der Waals surface area contributed by atoms with Gasteiger partial charge in [-0.2, -0.15) is 0 Å². The van der Waals surface area contributed by atoms with E-state index in [1.54, 1.807) is 0 Å². The first-order valence-electron chi connectivity index (χ1n) is 11.5. The van der Waals surface area contributed by atoms with Crippen LogP contribution in [0.25, 0.3) is 27.6 Å². The number of thioether (sulfide) groups is 1. The fourth-order valence-electron chi connectivity index (χ4n) is 4.16. The van der Waals surface area contributed by atoms with Crippen LogP contribution in [0.2, 0.25) is 0 Å². The van der Waals surface area contributed by atoms with Crippen LogP contribution < -0.4 is 4.74 Å². The summed E-state index contributed by atoms with van der Waals surface area (Å²) in [5, 5.41) is 4.03. The number of ether oxygens (including phenoxy) is 1. The van der Waals surface area contributed by atoms with E-state index in [9.17, 15) is 9.59 Å². The monoisotopic (exact) mass is 467 g/mol. The molecule has 0 aliphatic carbocycles. The van der Waals surface area contributed by atoms with E-state index in [4.69, 9.17) is 4.74 Å². The first kappa shape index (κ1) is 22.2. The Morgan fingerprint density at radius 2 is 1.62 bits per heavy atom. The number of amides is 2. The SMILES string of the molecule is CCCCOc1ccc2ccccc2c1/C=C1/SC(=O)N(Cc2ccc3ccccc3c2)C1=O. The molecule has 5 heteroatoms. The third kappa shape index (κ3) is 4.44. The Bertz CT molecular complexity index is 1430. The van der Waals surface area contributed by atoms with Crippen molar-refractivity contribution < 1.29 is 14.3 Å². The third-order valence-electron chi connectivity index (χ3n) is 5.99. The van der Waals surface area contributed by atoms with Crippen molar-refractivity contribution in [2.24, 2.45) is 0 Å². The minimum Gasteiger partial charge on any atom is -0.493 e. The molecule has 170 valence electrons. The van der Waals surface area contributed by atoms with Crippen molar-refractivity contribution in [2.75, 3.05) is 6.61 Å². The van der Waals surface area contributed by atoms with Crippen molar-refractivity contribution in [3.8, 4) is 5.75 Å². The number of unbranched alkanes of at least 4 members (excludes halogenated alkanes) is 1. The first-order chi connectivity index (χ1) is 16.6. The fourth-order valence-corrected chi connectivity index (χ4v) is 4.98. The van der Waals surface area contributed by atoms with Crippen molar-refractivity contribution in [3.63, 3.8) is 0 Å². The van der Waals surface area contributed by atoms with Gasteiger partial charge in [-0.25, -0.2) is 0 Å². The third-order valence-corrected chi connectivity index (χ3v) is 6.90. The average Bonchev–Trinajstić information content (AvgIpc) is 3.12. The summed E-state index contributed by atoms with van der Waals surface area (Å²) in [5.74, 6) is 0.462. The van der Waals surface area contributed by atoms with E-state index in [0.717, 1.165) is 63.0 Å². The van der Waals surface area contributed by atoms with Crippen LogP contribution in [0.15, 0.2) is 83.8 Å². The van der Waals surface area contributed by atoms with Gasteiger partial charge in [0.25, 0.3) is 11.1 Å². The van der Waals surface area contributed by atoms with Gasteiger partial charge in [-0.1, -0.05) is 80.1 Å². The Hall–Kier alpha value is -3.57. The molecule has 1 heterocycles. The lowest BCUT2D eigenvalue weighted by atomic mass is 10.0. The van der Waals surface area contributed by atoms with Crippen molar-refractivity contribution >= 4 is 50.5 Å². The summed E-state index contributed by atoms with van der Waals surface area (Å²) in [4.78, 5) is 27.8. The Morgan fingerprint density at radius 3 is 2.44 bits per heavy atom. The highest BCUT2D eigenvalue weighted by Crippen LogP contribution is 2.37. The second kappa shape index (κ2) is 9.74. The summed E-state index contributed by atoms with van der Waals surface area (Å²) in [5.41, 5.74) is 1.77. The van der Waals surface area contributed by atoms with Crippen molar-refractivity contribution in [1.82, 2.24) is 4.90 Å². The van der Waals surface area contributed by atoms with E-state index in [0.29, 0.717) is 11.5 Å². The lowest BCUT2D eigenvalue weighted by molar-refractivity contribution is -0.123. The Balaban J connectivity index is 1.46. The second-order valence-corrected chi connectivity index (χ2v) is 9.34. The Kier molecular flexibility index (Phi) is 6.37. The maximum Gasteiger partial charge on any atom is 0.293 e. The summed E-state index contributed by atoms with van der Waals surface area (Å²) in [6.45, 7) is 2.98. The van der Waals surface area contributed by atoms with E-state index in [1.807, 2.05) is 84.9 Å². The van der Waals surface area contributed by atoms with Gasteiger partial charge >= 0.3 is 0 Å². The quantitative estimate of drug-likeness (QED) is 0.210. The zero-order chi connectivity index (χ0) is 23.5. The minimum atomic E-state index is -0.268. The molecule has 4 nitrogen and oxygen atoms in total. The normalized spacial score (nSPS) is 15.1. The number of imide groups is 1. The lowest BCUT2D eigenvalue weighted by Crippen LogP contribution is -2.27. The molecule has 1 aliphatic rings. The maximum atomic E-state index is 13.3. The summed E-state index contributed by atoms with van der Waals surface area (Å²) in [6, 6.07) is 26.1. The van der Waals surface area contributed by atoms with E-state index in [2.05, 4.69) is 6.92 Å². The van der Waals surface area contributed by atoms with Gasteiger partial charge in [0.05, 0.1) is 18.1 Å². The highest BCUT2D eigenvalue weighted by atomic mass is 32.2. The highest BCUT2D eigenvalue weighted by Gasteiger charge is 2.35. The van der Waals surface area contributed by atoms with Gasteiger partial charge in [-0.05, 0) is 63.5 Å². The first-order valence-corrected chi connectivity index (χ1v) is 12.3. The van der Waals surface area contributed by atoms with Gasteiger partial charge in [0.2, 0.25) is 0 Å². The number of hydrogen-bond acceptors (Lipinski definition) is 4. The van der Waals surface area contributed by atoms with E-state index >= 15 is 0 Å². The molecule has 0 unspecified atom stereocenters. The molecule has 0 atom stereocenters. The number of hydrogen-bond donors (Lipinski definition) is 0. The van der Waals surface area contributed by atoms with Crippen LogP contribution in [0.3, 0.4) is 0 Å². The minimum absolute atomic E-state index is 0.252. The molecule has 0 radical (unpaired) electrons. The number of rotatable bonds is 7. The topological polar surface area (TPSA) is 46.6 Å². The van der Waals surface area contributed by atoms with Gasteiger partial charge < -0.3 is 4.74 Å². The zero-order valence-electron chi connectivity index (χ0n) is 19.0. The van der Waals surface area contributed by atoms with Crippen LogP contribution >= 0.6 is 11.8 Å². The van der Waals surface area contributed by atoms with Crippen molar-refractivity contribution in [3.05, 3.63) is 94.9 Å². The molecular formula is C29H25NO3S. The Labute approximate surface area is 203 Å². The molecule has 1 fully saturated rings. The molecule has 34 heavy (non-hydrogen) atoms. The average molecular weight is 468 g/mol. The molecule has 4 aromatic rings. The van der Waals surface area contributed by atoms with Crippen LogP contribution in [0, 0.1) is 0 Å². The number of nitrogens with zero attached hydrogens (tertiary/aromatic N) is 1. The number of carbonyl (C=O) groups excluding carboxylic acids is 2. The number of fused-ring (bicyclic) bond motifs is 2. The number of carbonyl (C=O) groups is 2. The predicted molar refractivity (Wildman–Crippen MR) is 140 cm³/mol. The molecule has 0 aromatic heterocycles. The van der Waals surface area contributed by atoms with Gasteiger partial charge in [0, 0.05) is 5.56 Å². The summed E-state index contributed by atoms with van der Waals surface area (Å²) in [6.07, 6.45) is 3.81. The van der Waals surface area contributed by atoms with Gasteiger partial charge in [-0.15, -0.1) is 0 Å². The van der Waals surface area contributed by atoms with E-state index < -0.39 is 0 Å². The molecule has 5 rings (SSSR count). The molecule has 0 spiro atoms. The molecule has 2 amide bonds. The molecule has 0 N–H and O–H groups in total. The van der Waals surface area contributed by atoms with Gasteiger partial charge in [0.1, 0.15) is 5.75 Å². The Morgan fingerprint density at radius 1 is 0.882 bits per heavy atom. The highest BCUT2D eigenvalue weighted by molar-refractivity contribution is 8.18. The van der Waals surface area contributed by atoms with Crippen LogP contribution in [-0.4, -0.2) is 22.7 Å². The molecule has 0 bridgehead atoms. The van der Waals surface area contributed by atoms with Crippen LogP contribution in [0.5, 0.6) is 5.75 Å². The molecule has 0 saturated carbocycles. The molecule has 1 aliphatic heterocycles. The summed E-state index contributed by atoms with van der Waals surface area (Å²) in [7, 11) is 0. The summed E-state index contributed by atoms with van der Waals surface area (Å²) < 4.78 is 6.06. The van der Waals surface area contributed by atoms with E-state index in [1.165, 1.54) is 4.90 Å². The van der Waals surface area contributed by atoms with Crippen LogP contribution in [0.4, 0.5) is 4.79 Å². The standard InChI is InChI=1S/C29H25NO3S/c1-2-3-16-33-26-15-14-22-9-6-7-11-24(22)25(26)18-27-28(31)30(29(32)34-27)19-20-12-13-21-8-4-5-10-23(21)17-20/h4-15,17-18H,2-3,16,19H2,1H3/b27-18+. The van der Waals surface area contributed by atoms with Gasteiger partial charge in [-0.3, -0.25) is 14.5 Å². The number of benzene rings is 4. The predicted octanol–water partition coefficient (Wildman–Crippen LogP) is 7.41.